The summed E-state index contributed by atoms with van der Waals surface area (Å²) in [6, 6.07) is 5.71. The Labute approximate surface area is 114 Å². The van der Waals surface area contributed by atoms with Gasteiger partial charge < -0.3 is 5.32 Å². The normalized spacial score (nSPS) is 24.8. The minimum atomic E-state index is -0.284. The smallest absolute Gasteiger partial charge is 0.146 e. The van der Waals surface area contributed by atoms with Crippen molar-refractivity contribution in [2.75, 3.05) is 0 Å². The first-order valence-corrected chi connectivity index (χ1v) is 7.21. The van der Waals surface area contributed by atoms with Gasteiger partial charge in [0, 0.05) is 18.2 Å². The summed E-state index contributed by atoms with van der Waals surface area (Å²) in [5.41, 5.74) is 0.666. The Kier molecular flexibility index (Phi) is 5.02. The van der Waals surface area contributed by atoms with E-state index >= 15 is 0 Å². The van der Waals surface area contributed by atoms with Crippen LogP contribution in [0.4, 0.5) is 4.39 Å². The van der Waals surface area contributed by atoms with Crippen LogP contribution in [-0.2, 0) is 6.54 Å². The van der Waals surface area contributed by atoms with E-state index in [1.807, 2.05) is 0 Å². The van der Waals surface area contributed by atoms with Crippen LogP contribution in [0, 0.1) is 11.7 Å². The summed E-state index contributed by atoms with van der Waals surface area (Å²) in [4.78, 5) is 0. The molecule has 0 aliphatic heterocycles. The second-order valence-electron chi connectivity index (χ2n) is 5.40. The number of nitrogens with one attached hydrogen (secondary N) is 1. The van der Waals surface area contributed by atoms with Gasteiger partial charge >= 0.3 is 0 Å². The molecule has 1 N–H and O–H groups in total. The lowest BCUT2D eigenvalue weighted by Gasteiger charge is -2.16. The van der Waals surface area contributed by atoms with E-state index in [1.165, 1.54) is 32.1 Å². The van der Waals surface area contributed by atoms with Crippen molar-refractivity contribution in [1.29, 1.82) is 0 Å². The standard InChI is InChI=1S/C15H21ClFN/c1-11-4-2-6-13(9-8-11)18-10-12-5-3-7-14(16)15(12)17/h3,5,7,11,13,18H,2,4,6,8-10H2,1H3. The Bertz CT molecular complexity index is 394. The minimum absolute atomic E-state index is 0.212. The highest BCUT2D eigenvalue weighted by Crippen LogP contribution is 2.23. The van der Waals surface area contributed by atoms with Gasteiger partial charge in [-0.05, 0) is 31.2 Å². The highest BCUT2D eigenvalue weighted by molar-refractivity contribution is 6.30. The molecule has 0 aromatic heterocycles. The molecule has 3 heteroatoms. The van der Waals surface area contributed by atoms with E-state index in [0.29, 0.717) is 18.2 Å². The van der Waals surface area contributed by atoms with Crippen LogP contribution in [-0.4, -0.2) is 6.04 Å². The van der Waals surface area contributed by atoms with Gasteiger partial charge in [-0.15, -0.1) is 0 Å². The number of hydrogen-bond donors (Lipinski definition) is 1. The zero-order valence-corrected chi connectivity index (χ0v) is 11.6. The molecule has 2 atom stereocenters. The Morgan fingerprint density at radius 3 is 2.94 bits per heavy atom. The Hall–Kier alpha value is -0.600. The van der Waals surface area contributed by atoms with Gasteiger partial charge in [-0.25, -0.2) is 4.39 Å². The topological polar surface area (TPSA) is 12.0 Å². The van der Waals surface area contributed by atoms with Gasteiger partial charge in [-0.1, -0.05) is 43.5 Å². The Morgan fingerprint density at radius 1 is 1.28 bits per heavy atom. The van der Waals surface area contributed by atoms with E-state index in [2.05, 4.69) is 12.2 Å². The predicted molar refractivity (Wildman–Crippen MR) is 74.3 cm³/mol. The summed E-state index contributed by atoms with van der Waals surface area (Å²) in [5.74, 6) is 0.549. The first-order chi connectivity index (χ1) is 8.66. The first kappa shape index (κ1) is 13.8. The third-order valence-corrected chi connectivity index (χ3v) is 4.16. The quantitative estimate of drug-likeness (QED) is 0.795. The van der Waals surface area contributed by atoms with E-state index in [1.54, 1.807) is 18.2 Å². The van der Waals surface area contributed by atoms with Crippen LogP contribution in [0.2, 0.25) is 5.02 Å². The van der Waals surface area contributed by atoms with Crippen molar-refractivity contribution in [2.24, 2.45) is 5.92 Å². The number of rotatable bonds is 3. The van der Waals surface area contributed by atoms with Gasteiger partial charge in [0.2, 0.25) is 0 Å². The van der Waals surface area contributed by atoms with Crippen molar-refractivity contribution in [3.05, 3.63) is 34.6 Å². The van der Waals surface area contributed by atoms with Crippen LogP contribution in [0.15, 0.2) is 18.2 Å². The van der Waals surface area contributed by atoms with E-state index in [0.717, 1.165) is 5.92 Å². The fourth-order valence-corrected chi connectivity index (χ4v) is 2.82. The Balaban J connectivity index is 1.89. The predicted octanol–water partition coefficient (Wildman–Crippen LogP) is 4.54. The lowest BCUT2D eigenvalue weighted by Crippen LogP contribution is -2.28. The highest BCUT2D eigenvalue weighted by atomic mass is 35.5. The summed E-state index contributed by atoms with van der Waals surface area (Å²) < 4.78 is 13.7. The SMILES string of the molecule is CC1CCCC(NCc2cccc(Cl)c2F)CC1. The molecular weight excluding hydrogens is 249 g/mol. The fourth-order valence-electron chi connectivity index (χ4n) is 2.63. The molecule has 0 spiro atoms. The third kappa shape index (κ3) is 3.69. The molecule has 1 aliphatic rings. The number of hydrogen-bond acceptors (Lipinski definition) is 1. The molecular formula is C15H21ClFN. The second kappa shape index (κ2) is 6.53. The molecule has 18 heavy (non-hydrogen) atoms. The van der Waals surface area contributed by atoms with Crippen molar-refractivity contribution < 1.29 is 4.39 Å². The fraction of sp³-hybridized carbons (Fsp3) is 0.600. The molecule has 1 aromatic carbocycles. The lowest BCUT2D eigenvalue weighted by atomic mass is 10.0. The maximum atomic E-state index is 13.7. The van der Waals surface area contributed by atoms with Crippen LogP contribution in [0.5, 0.6) is 0 Å². The van der Waals surface area contributed by atoms with Crippen molar-refractivity contribution in [2.45, 2.75) is 51.6 Å². The van der Waals surface area contributed by atoms with E-state index in [-0.39, 0.29) is 10.8 Å². The molecule has 0 heterocycles. The molecule has 0 bridgehead atoms. The average molecular weight is 270 g/mol. The molecule has 0 amide bonds. The number of halogens is 2. The molecule has 1 aliphatic carbocycles. The van der Waals surface area contributed by atoms with Gasteiger partial charge in [-0.3, -0.25) is 0 Å². The summed E-state index contributed by atoms with van der Waals surface area (Å²) in [5, 5.41) is 3.68. The molecule has 1 saturated carbocycles. The van der Waals surface area contributed by atoms with Gasteiger partial charge in [0.05, 0.1) is 5.02 Å². The van der Waals surface area contributed by atoms with E-state index in [9.17, 15) is 4.39 Å². The zero-order valence-electron chi connectivity index (χ0n) is 10.9. The summed E-state index contributed by atoms with van der Waals surface area (Å²) in [7, 11) is 0. The molecule has 100 valence electrons. The number of benzene rings is 1. The van der Waals surface area contributed by atoms with Crippen molar-refractivity contribution in [1.82, 2.24) is 5.32 Å². The van der Waals surface area contributed by atoms with Gasteiger partial charge in [0.1, 0.15) is 5.82 Å². The maximum absolute atomic E-state index is 13.7. The zero-order chi connectivity index (χ0) is 13.0. The van der Waals surface area contributed by atoms with E-state index in [4.69, 9.17) is 11.6 Å². The minimum Gasteiger partial charge on any atom is -0.310 e. The molecule has 2 unspecified atom stereocenters. The average Bonchev–Trinajstić information content (AvgIpc) is 2.56. The summed E-state index contributed by atoms with van der Waals surface area (Å²) in [6.07, 6.45) is 6.27. The monoisotopic (exact) mass is 269 g/mol. The molecule has 0 saturated heterocycles. The van der Waals surface area contributed by atoms with Crippen LogP contribution in [0.1, 0.15) is 44.6 Å². The van der Waals surface area contributed by atoms with Gasteiger partial charge in [0.25, 0.3) is 0 Å². The van der Waals surface area contributed by atoms with Gasteiger partial charge in [-0.2, -0.15) is 0 Å². The Morgan fingerprint density at radius 2 is 2.11 bits per heavy atom. The molecule has 1 fully saturated rings. The first-order valence-electron chi connectivity index (χ1n) is 6.83. The maximum Gasteiger partial charge on any atom is 0.146 e. The third-order valence-electron chi connectivity index (χ3n) is 3.87. The largest absolute Gasteiger partial charge is 0.310 e. The van der Waals surface area contributed by atoms with Crippen LogP contribution >= 0.6 is 11.6 Å². The lowest BCUT2D eigenvalue weighted by molar-refractivity contribution is 0.442. The summed E-state index contributed by atoms with van der Waals surface area (Å²) >= 11 is 5.78. The summed E-state index contributed by atoms with van der Waals surface area (Å²) in [6.45, 7) is 2.89. The van der Waals surface area contributed by atoms with Crippen LogP contribution in [0.3, 0.4) is 0 Å². The highest BCUT2D eigenvalue weighted by Gasteiger charge is 2.16. The van der Waals surface area contributed by atoms with Crippen LogP contribution in [0.25, 0.3) is 0 Å². The van der Waals surface area contributed by atoms with Gasteiger partial charge in [0.15, 0.2) is 0 Å². The van der Waals surface area contributed by atoms with Crippen molar-refractivity contribution >= 4 is 11.6 Å². The molecule has 2 rings (SSSR count). The van der Waals surface area contributed by atoms with Crippen LogP contribution < -0.4 is 5.32 Å². The molecule has 1 nitrogen and oxygen atoms in total. The van der Waals surface area contributed by atoms with E-state index < -0.39 is 0 Å². The van der Waals surface area contributed by atoms with Crippen molar-refractivity contribution in [3.8, 4) is 0 Å². The van der Waals surface area contributed by atoms with Crippen molar-refractivity contribution in [3.63, 3.8) is 0 Å². The second-order valence-corrected chi connectivity index (χ2v) is 5.81. The molecule has 1 aromatic rings. The molecule has 0 radical (unpaired) electrons.